The Hall–Kier alpha value is -0.850. The van der Waals surface area contributed by atoms with Gasteiger partial charge < -0.3 is 0 Å². The summed E-state index contributed by atoms with van der Waals surface area (Å²) in [7, 11) is 0. The van der Waals surface area contributed by atoms with Crippen LogP contribution in [0, 0.1) is 5.92 Å². The summed E-state index contributed by atoms with van der Waals surface area (Å²) in [5, 5.41) is 0. The molecule has 0 saturated heterocycles. The van der Waals surface area contributed by atoms with Crippen molar-refractivity contribution >= 4 is 0 Å². The second kappa shape index (κ2) is 13.8. The normalized spacial score (nSPS) is 12.5. The van der Waals surface area contributed by atoms with Crippen LogP contribution in [0.1, 0.15) is 90.9 Å². The molecule has 1 nitrogen and oxygen atoms in total. The van der Waals surface area contributed by atoms with Crippen molar-refractivity contribution in [3.8, 4) is 0 Å². The Bertz CT molecular complexity index is 333. The Kier molecular flexibility index (Phi) is 12.0. The molecule has 1 aromatic heterocycles. The third-order valence-corrected chi connectivity index (χ3v) is 4.71. The van der Waals surface area contributed by atoms with E-state index in [0.29, 0.717) is 0 Å². The molecule has 0 saturated carbocycles. The predicted octanol–water partition coefficient (Wildman–Crippen LogP) is 6.31. The third kappa shape index (κ3) is 10.8. The smallest absolute Gasteiger partial charge is 0.168 e. The molecule has 0 aliphatic rings. The maximum Gasteiger partial charge on any atom is 0.168 e. The highest BCUT2D eigenvalue weighted by Gasteiger charge is 2.05. The Morgan fingerprint density at radius 3 is 1.82 bits per heavy atom. The number of pyridine rings is 1. The van der Waals surface area contributed by atoms with Crippen molar-refractivity contribution in [2.75, 3.05) is 0 Å². The first kappa shape index (κ1) is 19.2. The zero-order chi connectivity index (χ0) is 15.9. The van der Waals surface area contributed by atoms with Crippen molar-refractivity contribution in [3.63, 3.8) is 0 Å². The molecule has 0 spiro atoms. The topological polar surface area (TPSA) is 3.88 Å². The van der Waals surface area contributed by atoms with Crippen LogP contribution in [-0.4, -0.2) is 0 Å². The van der Waals surface area contributed by atoms with E-state index in [1.807, 2.05) is 0 Å². The number of hydrogen-bond donors (Lipinski definition) is 0. The van der Waals surface area contributed by atoms with Crippen LogP contribution in [0.4, 0.5) is 0 Å². The molecule has 1 heteroatoms. The van der Waals surface area contributed by atoms with Crippen LogP contribution < -0.4 is 4.57 Å². The summed E-state index contributed by atoms with van der Waals surface area (Å²) < 4.78 is 2.30. The highest BCUT2D eigenvalue weighted by molar-refractivity contribution is 4.83. The van der Waals surface area contributed by atoms with Gasteiger partial charge in [0.15, 0.2) is 12.4 Å². The molecule has 0 aromatic carbocycles. The molecule has 1 unspecified atom stereocenters. The summed E-state index contributed by atoms with van der Waals surface area (Å²) in [6, 6.07) is 6.32. The van der Waals surface area contributed by atoms with E-state index < -0.39 is 0 Å². The lowest BCUT2D eigenvalue weighted by atomic mass is 9.98. The van der Waals surface area contributed by atoms with Gasteiger partial charge in [0.25, 0.3) is 0 Å². The molecule has 0 aliphatic carbocycles. The first-order chi connectivity index (χ1) is 10.8. The highest BCUT2D eigenvalue weighted by atomic mass is 14.9. The van der Waals surface area contributed by atoms with Crippen LogP contribution in [0.15, 0.2) is 30.6 Å². The van der Waals surface area contributed by atoms with E-state index in [4.69, 9.17) is 0 Å². The number of nitrogens with zero attached hydrogens (tertiary/aromatic N) is 1. The molecule has 1 heterocycles. The van der Waals surface area contributed by atoms with Crippen molar-refractivity contribution < 1.29 is 4.57 Å². The molecule has 1 aromatic rings. The lowest BCUT2D eigenvalue weighted by Gasteiger charge is -2.09. The van der Waals surface area contributed by atoms with Crippen molar-refractivity contribution in [2.24, 2.45) is 5.92 Å². The molecule has 1 rings (SSSR count). The monoisotopic (exact) mass is 304 g/mol. The fraction of sp³-hybridized carbons (Fsp3) is 0.762. The lowest BCUT2D eigenvalue weighted by Crippen LogP contribution is -2.33. The number of aryl methyl sites for hydroxylation is 1. The number of aromatic nitrogens is 1. The van der Waals surface area contributed by atoms with E-state index in [9.17, 15) is 0 Å². The largest absolute Gasteiger partial charge is 0.205 e. The van der Waals surface area contributed by atoms with Gasteiger partial charge in [-0.2, -0.15) is 0 Å². The SMILES string of the molecule is CCCCCCCCCCCCC(C)CC[n+]1ccccc1. The summed E-state index contributed by atoms with van der Waals surface area (Å²) in [4.78, 5) is 0. The Morgan fingerprint density at radius 1 is 0.682 bits per heavy atom. The molecular weight excluding hydrogens is 266 g/mol. The van der Waals surface area contributed by atoms with E-state index in [1.165, 1.54) is 83.6 Å². The van der Waals surface area contributed by atoms with Crippen LogP contribution in [-0.2, 0) is 6.54 Å². The molecule has 0 fully saturated rings. The van der Waals surface area contributed by atoms with E-state index in [2.05, 4.69) is 49.0 Å². The van der Waals surface area contributed by atoms with Gasteiger partial charge in [-0.15, -0.1) is 0 Å². The molecule has 0 amide bonds. The second-order valence-electron chi connectivity index (χ2n) is 6.98. The van der Waals surface area contributed by atoms with Gasteiger partial charge in [-0.05, 0) is 5.92 Å². The van der Waals surface area contributed by atoms with Crippen LogP contribution in [0.2, 0.25) is 0 Å². The van der Waals surface area contributed by atoms with Gasteiger partial charge in [0.1, 0.15) is 6.54 Å². The lowest BCUT2D eigenvalue weighted by molar-refractivity contribution is -0.698. The van der Waals surface area contributed by atoms with E-state index in [1.54, 1.807) is 0 Å². The van der Waals surface area contributed by atoms with Crippen LogP contribution >= 0.6 is 0 Å². The first-order valence-electron chi connectivity index (χ1n) is 9.77. The second-order valence-corrected chi connectivity index (χ2v) is 6.98. The van der Waals surface area contributed by atoms with E-state index >= 15 is 0 Å². The summed E-state index contributed by atoms with van der Waals surface area (Å²) in [6.07, 6.45) is 21.5. The quantitative estimate of drug-likeness (QED) is 0.280. The van der Waals surface area contributed by atoms with E-state index in [-0.39, 0.29) is 0 Å². The van der Waals surface area contributed by atoms with Gasteiger partial charge in [0, 0.05) is 18.6 Å². The van der Waals surface area contributed by atoms with Crippen LogP contribution in [0.5, 0.6) is 0 Å². The fourth-order valence-corrected chi connectivity index (χ4v) is 3.08. The molecular formula is C21H38N+. The average Bonchev–Trinajstić information content (AvgIpc) is 2.55. The van der Waals surface area contributed by atoms with Crippen molar-refractivity contribution in [3.05, 3.63) is 30.6 Å². The summed E-state index contributed by atoms with van der Waals surface area (Å²) >= 11 is 0. The predicted molar refractivity (Wildman–Crippen MR) is 96.9 cm³/mol. The minimum Gasteiger partial charge on any atom is -0.205 e. The van der Waals surface area contributed by atoms with Gasteiger partial charge in [0.05, 0.1) is 0 Å². The number of hydrogen-bond acceptors (Lipinski definition) is 0. The molecule has 22 heavy (non-hydrogen) atoms. The summed E-state index contributed by atoms with van der Waals surface area (Å²) in [6.45, 7) is 5.87. The van der Waals surface area contributed by atoms with Gasteiger partial charge in [-0.25, -0.2) is 4.57 Å². The highest BCUT2D eigenvalue weighted by Crippen LogP contribution is 2.15. The van der Waals surface area contributed by atoms with Gasteiger partial charge in [-0.3, -0.25) is 0 Å². The van der Waals surface area contributed by atoms with Crippen molar-refractivity contribution in [1.82, 2.24) is 0 Å². The van der Waals surface area contributed by atoms with Crippen LogP contribution in [0.3, 0.4) is 0 Å². The molecule has 0 N–H and O–H groups in total. The van der Waals surface area contributed by atoms with Gasteiger partial charge in [0.2, 0.25) is 0 Å². The zero-order valence-corrected chi connectivity index (χ0v) is 15.1. The number of unbranched alkanes of at least 4 members (excludes halogenated alkanes) is 9. The van der Waals surface area contributed by atoms with Crippen LogP contribution in [0.25, 0.3) is 0 Å². The summed E-state index contributed by atoms with van der Waals surface area (Å²) in [5.74, 6) is 0.863. The maximum atomic E-state index is 2.41. The first-order valence-corrected chi connectivity index (χ1v) is 9.77. The Labute approximate surface area is 139 Å². The van der Waals surface area contributed by atoms with E-state index in [0.717, 1.165) is 5.92 Å². The minimum atomic E-state index is 0.863. The molecule has 1 atom stereocenters. The maximum absolute atomic E-state index is 2.41. The fourth-order valence-electron chi connectivity index (χ4n) is 3.08. The third-order valence-electron chi connectivity index (χ3n) is 4.71. The molecule has 126 valence electrons. The van der Waals surface area contributed by atoms with Crippen molar-refractivity contribution in [1.29, 1.82) is 0 Å². The van der Waals surface area contributed by atoms with Crippen molar-refractivity contribution in [2.45, 2.75) is 97.4 Å². The molecule has 0 radical (unpaired) electrons. The molecule has 0 bridgehead atoms. The zero-order valence-electron chi connectivity index (χ0n) is 15.1. The average molecular weight is 305 g/mol. The van der Waals surface area contributed by atoms with Gasteiger partial charge in [-0.1, -0.05) is 90.5 Å². The minimum absolute atomic E-state index is 0.863. The summed E-state index contributed by atoms with van der Waals surface area (Å²) in [5.41, 5.74) is 0. The standard InChI is InChI=1S/C21H38N/c1-3-4-5-6-7-8-9-10-11-13-16-21(2)17-20-22-18-14-12-15-19-22/h12,14-15,18-19,21H,3-11,13,16-17,20H2,1-2H3/q+1. The molecule has 0 aliphatic heterocycles. The Morgan fingerprint density at radius 2 is 1.23 bits per heavy atom. The van der Waals surface area contributed by atoms with Gasteiger partial charge >= 0.3 is 0 Å². The number of rotatable bonds is 14. The Balaban J connectivity index is 1.85.